The highest BCUT2D eigenvalue weighted by Gasteiger charge is 2.47. The number of rotatable bonds is 14. The number of aromatic nitrogens is 2. The molecule has 1 aromatic heterocycles. The van der Waals surface area contributed by atoms with Gasteiger partial charge in [-0.05, 0) is 47.4 Å². The molecule has 14 heteroatoms. The summed E-state index contributed by atoms with van der Waals surface area (Å²) in [5.41, 5.74) is 2.82. The van der Waals surface area contributed by atoms with Crippen molar-refractivity contribution in [2.75, 3.05) is 32.8 Å². The number of nitrogens with one attached hydrogen (secondary N) is 1. The summed E-state index contributed by atoms with van der Waals surface area (Å²) in [6, 6.07) is 25.9. The van der Waals surface area contributed by atoms with E-state index in [1.165, 1.54) is 12.3 Å². The number of nitrogens with zero attached hydrogens (tertiary/aromatic N) is 2. The smallest absolute Gasteiger partial charge is 0.352 e. The van der Waals surface area contributed by atoms with Crippen LogP contribution in [0.4, 0.5) is 0 Å². The van der Waals surface area contributed by atoms with Gasteiger partial charge in [-0.25, -0.2) is 4.79 Å². The van der Waals surface area contributed by atoms with Crippen LogP contribution in [0.1, 0.15) is 49.1 Å². The lowest BCUT2D eigenvalue weighted by Crippen LogP contribution is -2.47. The molecule has 0 radical (unpaired) electrons. The number of unbranched alkanes of at least 4 members (excludes halogenated alkanes) is 2. The molecular weight excluding hydrogens is 653 g/mol. The van der Waals surface area contributed by atoms with E-state index in [0.29, 0.717) is 18.0 Å². The number of hydrogen-bond donors (Lipinski definition) is 4. The van der Waals surface area contributed by atoms with Crippen molar-refractivity contribution in [1.29, 1.82) is 0 Å². The number of hydrogen-bond acceptors (Lipinski definition) is 10. The highest BCUT2D eigenvalue weighted by atomic mass is 31.1. The van der Waals surface area contributed by atoms with Crippen LogP contribution in [0.3, 0.4) is 0 Å². The zero-order valence-corrected chi connectivity index (χ0v) is 28.8. The Balaban J connectivity index is 0.00000174. The van der Waals surface area contributed by atoms with Gasteiger partial charge in [-0.3, -0.25) is 13.9 Å². The lowest BCUT2D eigenvalue weighted by molar-refractivity contribution is -0.0960. The van der Waals surface area contributed by atoms with Crippen molar-refractivity contribution < 1.29 is 38.6 Å². The first-order valence-electron chi connectivity index (χ1n) is 15.9. The fraction of sp³-hybridized carbons (Fsp3) is 0.371. The van der Waals surface area contributed by atoms with E-state index in [0.717, 1.165) is 45.2 Å². The molecule has 13 nitrogen and oxygen atoms in total. The standard InChI is InChI=1S/C35H41N3O8.H3O2P/c1-4-5-9-21-36-38-30(39)20-22-37(34(38)42)33-32(41)31(40)29(46-33)23-45-35(24-10-7-6-8-11-24,25-12-16-27(43-2)17-13-25)26-14-18-28(44-3)19-15-26;1-3-2/h6-8,10-20,22,29,31-33,36,40-41H,4-5,9,21,23H2,1-3H3;3H2,(H,1,2)/t29-,31?,32?,33-;/m0./s1. The maximum Gasteiger partial charge on any atom is 0.352 e. The van der Waals surface area contributed by atoms with E-state index in [1.807, 2.05) is 78.9 Å². The van der Waals surface area contributed by atoms with Gasteiger partial charge in [0.2, 0.25) is 0 Å². The Labute approximate surface area is 285 Å². The van der Waals surface area contributed by atoms with Crippen LogP contribution in [0.5, 0.6) is 11.5 Å². The molecule has 1 aliphatic heterocycles. The molecule has 5 atom stereocenters. The summed E-state index contributed by atoms with van der Waals surface area (Å²) < 4.78 is 34.4. The van der Waals surface area contributed by atoms with Gasteiger partial charge >= 0.3 is 5.69 Å². The van der Waals surface area contributed by atoms with E-state index in [2.05, 4.69) is 12.3 Å². The van der Waals surface area contributed by atoms with E-state index in [1.54, 1.807) is 14.2 Å². The first-order chi connectivity index (χ1) is 23.7. The van der Waals surface area contributed by atoms with Crippen LogP contribution < -0.4 is 26.1 Å². The van der Waals surface area contributed by atoms with Gasteiger partial charge in [0.05, 0.1) is 20.8 Å². The van der Waals surface area contributed by atoms with Crippen LogP contribution in [0.15, 0.2) is 101 Å². The maximum absolute atomic E-state index is 13.3. The van der Waals surface area contributed by atoms with Gasteiger partial charge in [0.25, 0.3) is 5.56 Å². The summed E-state index contributed by atoms with van der Waals surface area (Å²) in [6.07, 6.45) is -1.16. The molecule has 0 spiro atoms. The lowest BCUT2D eigenvalue weighted by Gasteiger charge is -2.37. The van der Waals surface area contributed by atoms with Crippen LogP contribution in [0, 0.1) is 0 Å². The minimum atomic E-state index is -1.50. The predicted molar refractivity (Wildman–Crippen MR) is 186 cm³/mol. The van der Waals surface area contributed by atoms with E-state index in [9.17, 15) is 19.8 Å². The Morgan fingerprint density at radius 1 is 0.837 bits per heavy atom. The molecule has 264 valence electrons. The SMILES string of the molecule is CCCCCNn1c(=O)ccn([C@H]2O[C@@H](COC(c3ccccc3)(c3ccc(OC)cc3)c3ccc(OC)cc3)C(O)C2O)c1=O.O=[PH2]O. The predicted octanol–water partition coefficient (Wildman–Crippen LogP) is 3.04. The van der Waals surface area contributed by atoms with Gasteiger partial charge in [0.1, 0.15) is 35.4 Å². The summed E-state index contributed by atoms with van der Waals surface area (Å²) in [5, 5.41) is 22.2. The molecule has 3 unspecified atom stereocenters. The third kappa shape index (κ3) is 8.50. The number of ether oxygens (including phenoxy) is 4. The van der Waals surface area contributed by atoms with Crippen LogP contribution in [0.2, 0.25) is 0 Å². The number of aliphatic hydroxyl groups is 2. The van der Waals surface area contributed by atoms with Crippen molar-refractivity contribution >= 4 is 8.69 Å². The zero-order chi connectivity index (χ0) is 35.4. The Kier molecular flexibility index (Phi) is 13.8. The molecule has 0 aliphatic carbocycles. The average Bonchev–Trinajstić information content (AvgIpc) is 3.41. The summed E-state index contributed by atoms with van der Waals surface area (Å²) >= 11 is 0. The molecule has 1 fully saturated rings. The maximum atomic E-state index is 13.3. The second-order valence-corrected chi connectivity index (χ2v) is 11.5. The fourth-order valence-corrected chi connectivity index (χ4v) is 5.78. The Bertz CT molecular complexity index is 1680. The second kappa shape index (κ2) is 18.0. The van der Waals surface area contributed by atoms with Crippen LogP contribution in [-0.4, -0.2) is 70.0 Å². The van der Waals surface area contributed by atoms with Crippen molar-refractivity contribution in [1.82, 2.24) is 9.24 Å². The number of methoxy groups -OCH3 is 2. The highest BCUT2D eigenvalue weighted by molar-refractivity contribution is 7.16. The van der Waals surface area contributed by atoms with Gasteiger partial charge in [-0.1, -0.05) is 74.4 Å². The monoisotopic (exact) mass is 697 g/mol. The van der Waals surface area contributed by atoms with E-state index < -0.39 is 50.1 Å². The van der Waals surface area contributed by atoms with E-state index >= 15 is 0 Å². The van der Waals surface area contributed by atoms with Crippen molar-refractivity contribution in [3.8, 4) is 11.5 Å². The van der Waals surface area contributed by atoms with Crippen molar-refractivity contribution in [3.63, 3.8) is 0 Å². The van der Waals surface area contributed by atoms with Crippen molar-refractivity contribution in [3.05, 3.63) is 129 Å². The van der Waals surface area contributed by atoms with E-state index in [-0.39, 0.29) is 6.61 Å². The number of benzene rings is 3. The molecule has 4 N–H and O–H groups in total. The quantitative estimate of drug-likeness (QED) is 0.0868. The number of aliphatic hydroxyl groups excluding tert-OH is 2. The molecule has 2 heterocycles. The molecule has 0 bridgehead atoms. The second-order valence-electron chi connectivity index (χ2n) is 11.3. The topological polar surface area (TPSA) is 171 Å². The Hall–Kier alpha value is -4.23. The largest absolute Gasteiger partial charge is 0.497 e. The summed E-state index contributed by atoms with van der Waals surface area (Å²) in [7, 11) is 1.69. The molecule has 1 saturated heterocycles. The minimum absolute atomic E-state index is 0.161. The summed E-state index contributed by atoms with van der Waals surface area (Å²) in [4.78, 5) is 32.9. The van der Waals surface area contributed by atoms with Gasteiger partial charge in [-0.15, -0.1) is 0 Å². The van der Waals surface area contributed by atoms with Gasteiger partial charge in [0.15, 0.2) is 14.9 Å². The minimum Gasteiger partial charge on any atom is -0.497 e. The first-order valence-corrected chi connectivity index (χ1v) is 16.9. The molecule has 3 aromatic carbocycles. The summed E-state index contributed by atoms with van der Waals surface area (Å²) in [6.45, 7) is 2.33. The summed E-state index contributed by atoms with van der Waals surface area (Å²) in [5.74, 6) is 1.35. The lowest BCUT2D eigenvalue weighted by atomic mass is 9.80. The molecular formula is C35H44N3O10P. The van der Waals surface area contributed by atoms with Crippen LogP contribution in [0.25, 0.3) is 0 Å². The molecule has 49 heavy (non-hydrogen) atoms. The van der Waals surface area contributed by atoms with Gasteiger partial charge < -0.3 is 39.5 Å². The van der Waals surface area contributed by atoms with Crippen LogP contribution in [-0.2, 0) is 19.6 Å². The van der Waals surface area contributed by atoms with Crippen LogP contribution >= 0.6 is 8.69 Å². The van der Waals surface area contributed by atoms with Crippen molar-refractivity contribution in [2.24, 2.45) is 0 Å². The normalized spacial score (nSPS) is 19.0. The molecule has 0 amide bonds. The zero-order valence-electron chi connectivity index (χ0n) is 27.7. The highest BCUT2D eigenvalue weighted by Crippen LogP contribution is 2.42. The molecule has 4 aromatic rings. The third-order valence-corrected chi connectivity index (χ3v) is 8.31. The molecule has 1 aliphatic rings. The van der Waals surface area contributed by atoms with Crippen molar-refractivity contribution in [2.45, 2.75) is 56.3 Å². The first kappa shape index (κ1) is 37.6. The van der Waals surface area contributed by atoms with Gasteiger partial charge in [0, 0.05) is 18.8 Å². The van der Waals surface area contributed by atoms with E-state index in [4.69, 9.17) is 28.4 Å². The Morgan fingerprint density at radius 3 is 1.92 bits per heavy atom. The fourth-order valence-electron chi connectivity index (χ4n) is 5.78. The molecule has 0 saturated carbocycles. The average molecular weight is 698 g/mol. The third-order valence-electron chi connectivity index (χ3n) is 8.31. The van der Waals surface area contributed by atoms with Gasteiger partial charge in [-0.2, -0.15) is 4.68 Å². The molecule has 5 rings (SSSR count). The Morgan fingerprint density at radius 2 is 1.39 bits per heavy atom.